The van der Waals surface area contributed by atoms with E-state index in [1.807, 2.05) is 36.4 Å². The van der Waals surface area contributed by atoms with Gasteiger partial charge < -0.3 is 14.8 Å². The molecule has 0 aliphatic rings. The Balaban J connectivity index is 2.29. The summed E-state index contributed by atoms with van der Waals surface area (Å²) >= 11 is 0. The van der Waals surface area contributed by atoms with Crippen LogP contribution in [-0.4, -0.2) is 31.6 Å². The van der Waals surface area contributed by atoms with E-state index in [4.69, 9.17) is 9.47 Å². The molecule has 0 aliphatic heterocycles. The molecule has 0 aromatic heterocycles. The van der Waals surface area contributed by atoms with E-state index in [0.29, 0.717) is 13.0 Å². The van der Waals surface area contributed by atoms with E-state index in [-0.39, 0.29) is 12.5 Å². The van der Waals surface area contributed by atoms with Gasteiger partial charge in [-0.15, -0.1) is 6.58 Å². The number of unbranched alkanes of at least 4 members (excludes halogenated alkanes) is 4. The summed E-state index contributed by atoms with van der Waals surface area (Å²) in [6, 6.07) is 9.01. The second-order valence-corrected chi connectivity index (χ2v) is 5.90. The van der Waals surface area contributed by atoms with Gasteiger partial charge in [0.25, 0.3) is 0 Å². The average molecular weight is 347 g/mol. The summed E-state index contributed by atoms with van der Waals surface area (Å²) in [5.74, 6) is -0.722. The fraction of sp³-hybridized carbons (Fsp3) is 0.500. The van der Waals surface area contributed by atoms with Gasteiger partial charge >= 0.3 is 5.97 Å². The second-order valence-electron chi connectivity index (χ2n) is 5.90. The molecule has 1 rings (SSSR count). The molecule has 0 bridgehead atoms. The number of amides is 1. The van der Waals surface area contributed by atoms with Crippen molar-refractivity contribution in [2.75, 3.05) is 13.7 Å². The van der Waals surface area contributed by atoms with Crippen LogP contribution in [0.2, 0.25) is 0 Å². The van der Waals surface area contributed by atoms with Gasteiger partial charge in [-0.25, -0.2) is 4.79 Å². The molecule has 0 aliphatic carbocycles. The lowest BCUT2D eigenvalue weighted by molar-refractivity contribution is -0.146. The van der Waals surface area contributed by atoms with Crippen molar-refractivity contribution in [2.24, 2.45) is 0 Å². The summed E-state index contributed by atoms with van der Waals surface area (Å²) in [7, 11) is 1.33. The van der Waals surface area contributed by atoms with E-state index in [0.717, 1.165) is 37.7 Å². The molecule has 1 amide bonds. The van der Waals surface area contributed by atoms with Crippen LogP contribution in [0.1, 0.15) is 44.1 Å². The van der Waals surface area contributed by atoms with Crippen molar-refractivity contribution < 1.29 is 19.1 Å². The minimum atomic E-state index is -0.614. The Hall–Kier alpha value is -2.14. The lowest BCUT2D eigenvalue weighted by atomic mass is 10.1. The first-order valence-electron chi connectivity index (χ1n) is 8.77. The highest BCUT2D eigenvalue weighted by atomic mass is 16.5. The quantitative estimate of drug-likeness (QED) is 0.337. The minimum absolute atomic E-state index is 0.0816. The maximum absolute atomic E-state index is 12.0. The maximum Gasteiger partial charge on any atom is 0.328 e. The summed E-state index contributed by atoms with van der Waals surface area (Å²) in [6.07, 6.45) is 7.57. The largest absolute Gasteiger partial charge is 0.467 e. The van der Waals surface area contributed by atoms with Gasteiger partial charge in [-0.2, -0.15) is 0 Å². The van der Waals surface area contributed by atoms with Gasteiger partial charge in [0.2, 0.25) is 5.91 Å². The average Bonchev–Trinajstić information content (AvgIpc) is 2.63. The molecule has 1 aromatic rings. The van der Waals surface area contributed by atoms with Crippen LogP contribution in [0.5, 0.6) is 0 Å². The topological polar surface area (TPSA) is 64.6 Å². The number of rotatable bonds is 13. The number of hydrogen-bond donors (Lipinski definition) is 1. The molecule has 0 spiro atoms. The molecule has 0 heterocycles. The summed E-state index contributed by atoms with van der Waals surface area (Å²) in [6.45, 7) is 3.98. The molecule has 0 radical (unpaired) electrons. The fourth-order valence-electron chi connectivity index (χ4n) is 2.45. The zero-order valence-electron chi connectivity index (χ0n) is 15.0. The van der Waals surface area contributed by atoms with Crippen molar-refractivity contribution >= 4 is 11.9 Å². The summed E-state index contributed by atoms with van der Waals surface area (Å²) in [4.78, 5) is 23.8. The van der Waals surface area contributed by atoms with E-state index in [9.17, 15) is 9.59 Å². The zero-order chi connectivity index (χ0) is 18.3. The van der Waals surface area contributed by atoms with Crippen LogP contribution >= 0.6 is 0 Å². The lowest BCUT2D eigenvalue weighted by Gasteiger charge is -2.16. The van der Waals surface area contributed by atoms with E-state index in [1.54, 1.807) is 0 Å². The molecule has 25 heavy (non-hydrogen) atoms. The zero-order valence-corrected chi connectivity index (χ0v) is 15.0. The third kappa shape index (κ3) is 9.67. The van der Waals surface area contributed by atoms with Crippen LogP contribution < -0.4 is 5.32 Å². The molecule has 0 saturated heterocycles. The first kappa shape index (κ1) is 20.9. The molecule has 138 valence electrons. The van der Waals surface area contributed by atoms with Crippen molar-refractivity contribution in [1.29, 1.82) is 0 Å². The van der Waals surface area contributed by atoms with Crippen molar-refractivity contribution in [2.45, 2.75) is 51.2 Å². The molecular formula is C20H29NO4. The highest BCUT2D eigenvalue weighted by Gasteiger charge is 2.20. The number of carbonyl (C=O) groups excluding carboxylic acids is 2. The fourth-order valence-corrected chi connectivity index (χ4v) is 2.45. The molecule has 5 heteroatoms. The lowest BCUT2D eigenvalue weighted by Crippen LogP contribution is -2.43. The van der Waals surface area contributed by atoms with Crippen molar-refractivity contribution in [3.05, 3.63) is 48.6 Å². The highest BCUT2D eigenvalue weighted by Crippen LogP contribution is 2.09. The van der Waals surface area contributed by atoms with Gasteiger partial charge in [-0.1, -0.05) is 55.7 Å². The number of methoxy groups -OCH3 is 1. The molecule has 0 unspecified atom stereocenters. The van der Waals surface area contributed by atoms with Crippen LogP contribution in [0.4, 0.5) is 0 Å². The van der Waals surface area contributed by atoms with E-state index in [2.05, 4.69) is 11.9 Å². The summed E-state index contributed by atoms with van der Waals surface area (Å²) in [5, 5.41) is 2.70. The standard InChI is InChI=1S/C20H29NO4/c1-3-4-5-6-7-11-14-18(20(23)24-2)21-19(22)16-25-15-17-12-9-8-10-13-17/h3,8-10,12-13,18H,1,4-7,11,14-16H2,2H3,(H,21,22)/t18-/m0/s1. The Labute approximate surface area is 150 Å². The normalized spacial score (nSPS) is 11.6. The van der Waals surface area contributed by atoms with Crippen LogP contribution in [0.15, 0.2) is 43.0 Å². The second kappa shape index (κ2) is 13.2. The highest BCUT2D eigenvalue weighted by molar-refractivity contribution is 5.84. The molecule has 1 aromatic carbocycles. The number of benzene rings is 1. The van der Waals surface area contributed by atoms with Crippen LogP contribution in [-0.2, 0) is 25.7 Å². The predicted octanol–water partition coefficient (Wildman–Crippen LogP) is 3.39. The first-order chi connectivity index (χ1) is 12.2. The first-order valence-corrected chi connectivity index (χ1v) is 8.77. The smallest absolute Gasteiger partial charge is 0.328 e. The molecular weight excluding hydrogens is 318 g/mol. The van der Waals surface area contributed by atoms with Crippen LogP contribution in [0.25, 0.3) is 0 Å². The van der Waals surface area contributed by atoms with Crippen molar-refractivity contribution in [3.63, 3.8) is 0 Å². The number of esters is 1. The van der Waals surface area contributed by atoms with E-state index in [1.165, 1.54) is 7.11 Å². The summed E-state index contributed by atoms with van der Waals surface area (Å²) in [5.41, 5.74) is 0.999. The van der Waals surface area contributed by atoms with Gasteiger partial charge in [0.15, 0.2) is 0 Å². The van der Waals surface area contributed by atoms with Gasteiger partial charge in [-0.3, -0.25) is 4.79 Å². The van der Waals surface area contributed by atoms with E-state index >= 15 is 0 Å². The van der Waals surface area contributed by atoms with Crippen molar-refractivity contribution in [3.8, 4) is 0 Å². The molecule has 0 fully saturated rings. The Morgan fingerprint density at radius 3 is 2.56 bits per heavy atom. The van der Waals surface area contributed by atoms with Gasteiger partial charge in [0.1, 0.15) is 12.6 Å². The Bertz CT molecular complexity index is 516. The number of carbonyl (C=O) groups is 2. The van der Waals surface area contributed by atoms with Crippen molar-refractivity contribution in [1.82, 2.24) is 5.32 Å². The Morgan fingerprint density at radius 1 is 1.16 bits per heavy atom. The maximum atomic E-state index is 12.0. The molecule has 0 saturated carbocycles. The monoisotopic (exact) mass is 347 g/mol. The van der Waals surface area contributed by atoms with Gasteiger partial charge in [0.05, 0.1) is 13.7 Å². The Morgan fingerprint density at radius 2 is 1.88 bits per heavy atom. The molecule has 1 N–H and O–H groups in total. The molecule has 5 nitrogen and oxygen atoms in total. The Kier molecular flexibility index (Phi) is 11.0. The third-order valence-electron chi connectivity index (χ3n) is 3.82. The van der Waals surface area contributed by atoms with Crippen LogP contribution in [0, 0.1) is 0 Å². The SMILES string of the molecule is C=CCCCCCC[C@H](NC(=O)COCc1ccccc1)C(=O)OC. The summed E-state index contributed by atoms with van der Waals surface area (Å²) < 4.78 is 10.2. The van der Waals surface area contributed by atoms with Gasteiger partial charge in [0, 0.05) is 0 Å². The molecule has 1 atom stereocenters. The van der Waals surface area contributed by atoms with E-state index < -0.39 is 12.0 Å². The number of hydrogen-bond acceptors (Lipinski definition) is 4. The predicted molar refractivity (Wildman–Crippen MR) is 97.9 cm³/mol. The van der Waals surface area contributed by atoms with Crippen LogP contribution in [0.3, 0.4) is 0 Å². The minimum Gasteiger partial charge on any atom is -0.467 e. The number of ether oxygens (including phenoxy) is 2. The number of allylic oxidation sites excluding steroid dienone is 1. The number of nitrogens with one attached hydrogen (secondary N) is 1. The van der Waals surface area contributed by atoms with Gasteiger partial charge in [-0.05, 0) is 24.8 Å². The third-order valence-corrected chi connectivity index (χ3v) is 3.82.